The molecule has 146 valence electrons. The van der Waals surface area contributed by atoms with E-state index in [1.807, 2.05) is 26.0 Å². The van der Waals surface area contributed by atoms with Gasteiger partial charge in [-0.1, -0.05) is 23.7 Å². The van der Waals surface area contributed by atoms with Crippen LogP contribution in [0.25, 0.3) is 0 Å². The fraction of sp³-hybridized carbons (Fsp3) is 0.389. The number of amides is 1. The first kappa shape index (κ1) is 20.8. The average molecular weight is 492 g/mol. The molecule has 0 aliphatic carbocycles. The summed E-state index contributed by atoms with van der Waals surface area (Å²) in [4.78, 5) is 14.8. The standard InChI is InChI=1S/C18H20BrClN2O3S2/c1-18(2,13-3-5-14(20)6-4-13)17(23)21-9-11-22(12-10-21)27(24,25)16-8-7-15(19)26-16/h3-8H,9-12H2,1-2H3. The van der Waals surface area contributed by atoms with E-state index in [9.17, 15) is 13.2 Å². The minimum Gasteiger partial charge on any atom is -0.339 e. The second-order valence-corrected chi connectivity index (χ2v) is 12.0. The number of thiophene rings is 1. The number of sulfonamides is 1. The monoisotopic (exact) mass is 490 g/mol. The van der Waals surface area contributed by atoms with Gasteiger partial charge in [0.1, 0.15) is 4.21 Å². The first-order valence-corrected chi connectivity index (χ1v) is 11.9. The highest BCUT2D eigenvalue weighted by Gasteiger charge is 2.37. The molecule has 1 aromatic carbocycles. The van der Waals surface area contributed by atoms with Crippen molar-refractivity contribution in [2.24, 2.45) is 0 Å². The van der Waals surface area contributed by atoms with Gasteiger partial charge in [-0.25, -0.2) is 8.42 Å². The molecule has 9 heteroatoms. The van der Waals surface area contributed by atoms with Gasteiger partial charge in [0.15, 0.2) is 0 Å². The van der Waals surface area contributed by atoms with Gasteiger partial charge in [0.25, 0.3) is 10.0 Å². The third-order valence-corrected chi connectivity index (χ3v) is 9.01. The molecule has 0 unspecified atom stereocenters. The van der Waals surface area contributed by atoms with Crippen LogP contribution in [0, 0.1) is 0 Å². The van der Waals surface area contributed by atoms with Gasteiger partial charge in [0.2, 0.25) is 5.91 Å². The molecule has 1 fully saturated rings. The summed E-state index contributed by atoms with van der Waals surface area (Å²) < 4.78 is 28.0. The minimum absolute atomic E-state index is 0.0132. The van der Waals surface area contributed by atoms with Crippen LogP contribution in [0.1, 0.15) is 19.4 Å². The highest BCUT2D eigenvalue weighted by atomic mass is 79.9. The fourth-order valence-corrected chi connectivity index (χ4v) is 6.79. The van der Waals surface area contributed by atoms with E-state index in [1.54, 1.807) is 29.2 Å². The molecule has 1 aliphatic rings. The first-order valence-electron chi connectivity index (χ1n) is 8.43. The Morgan fingerprint density at radius 1 is 1.07 bits per heavy atom. The van der Waals surface area contributed by atoms with E-state index in [0.29, 0.717) is 35.4 Å². The molecule has 0 N–H and O–H groups in total. The van der Waals surface area contributed by atoms with Crippen molar-refractivity contribution in [3.8, 4) is 0 Å². The van der Waals surface area contributed by atoms with Crippen molar-refractivity contribution in [2.75, 3.05) is 26.2 Å². The normalized spacial score (nSPS) is 16.5. The molecule has 27 heavy (non-hydrogen) atoms. The lowest BCUT2D eigenvalue weighted by atomic mass is 9.83. The molecule has 0 bridgehead atoms. The molecule has 1 amide bonds. The predicted octanol–water partition coefficient (Wildman–Crippen LogP) is 3.97. The van der Waals surface area contributed by atoms with Crippen molar-refractivity contribution in [1.29, 1.82) is 0 Å². The number of halogens is 2. The molecule has 0 spiro atoms. The molecule has 1 saturated heterocycles. The highest BCUT2D eigenvalue weighted by molar-refractivity contribution is 9.11. The summed E-state index contributed by atoms with van der Waals surface area (Å²) in [5.41, 5.74) is 0.181. The van der Waals surface area contributed by atoms with Gasteiger partial charge in [-0.05, 0) is 59.6 Å². The number of hydrogen-bond acceptors (Lipinski definition) is 4. The largest absolute Gasteiger partial charge is 0.339 e. The maximum atomic E-state index is 13.1. The number of piperazine rings is 1. The molecular formula is C18H20BrClN2O3S2. The molecular weight excluding hydrogens is 472 g/mol. The van der Waals surface area contributed by atoms with E-state index in [0.717, 1.165) is 9.35 Å². The Morgan fingerprint density at radius 2 is 1.67 bits per heavy atom. The van der Waals surface area contributed by atoms with Crippen molar-refractivity contribution in [2.45, 2.75) is 23.5 Å². The summed E-state index contributed by atoms with van der Waals surface area (Å²) in [6.45, 7) is 5.10. The van der Waals surface area contributed by atoms with Gasteiger partial charge in [-0.2, -0.15) is 4.31 Å². The van der Waals surface area contributed by atoms with Crippen LogP contribution in [0.4, 0.5) is 0 Å². The van der Waals surface area contributed by atoms with E-state index < -0.39 is 15.4 Å². The SMILES string of the molecule is CC(C)(C(=O)N1CCN(S(=O)(=O)c2ccc(Br)s2)CC1)c1ccc(Cl)cc1. The third-order valence-electron chi connectivity index (χ3n) is 4.77. The minimum atomic E-state index is -3.51. The molecule has 0 radical (unpaired) electrons. The van der Waals surface area contributed by atoms with Gasteiger partial charge < -0.3 is 4.90 Å². The predicted molar refractivity (Wildman–Crippen MR) is 112 cm³/mol. The van der Waals surface area contributed by atoms with Crippen molar-refractivity contribution in [3.63, 3.8) is 0 Å². The Hall–Kier alpha value is -0.930. The number of nitrogens with zero attached hydrogens (tertiary/aromatic N) is 2. The first-order chi connectivity index (χ1) is 12.6. The van der Waals surface area contributed by atoms with E-state index in [-0.39, 0.29) is 5.91 Å². The molecule has 1 aliphatic heterocycles. The zero-order chi connectivity index (χ0) is 19.8. The van der Waals surface area contributed by atoms with Crippen molar-refractivity contribution in [1.82, 2.24) is 9.21 Å². The average Bonchev–Trinajstić information content (AvgIpc) is 3.09. The third kappa shape index (κ3) is 4.24. The van der Waals surface area contributed by atoms with Crippen LogP contribution in [0.3, 0.4) is 0 Å². The van der Waals surface area contributed by atoms with Crippen LogP contribution in [0.2, 0.25) is 5.02 Å². The molecule has 2 aromatic rings. The molecule has 1 aromatic heterocycles. The van der Waals surface area contributed by atoms with Gasteiger partial charge in [0, 0.05) is 31.2 Å². The lowest BCUT2D eigenvalue weighted by molar-refractivity contribution is -0.137. The van der Waals surface area contributed by atoms with Crippen LogP contribution in [0.15, 0.2) is 44.4 Å². The summed E-state index contributed by atoms with van der Waals surface area (Å²) in [6.07, 6.45) is 0. The van der Waals surface area contributed by atoms with Crippen LogP contribution in [0.5, 0.6) is 0 Å². The zero-order valence-electron chi connectivity index (χ0n) is 15.0. The quantitative estimate of drug-likeness (QED) is 0.650. The van der Waals surface area contributed by atoms with Crippen LogP contribution < -0.4 is 0 Å². The summed E-state index contributed by atoms with van der Waals surface area (Å²) in [5.74, 6) is -0.0132. The summed E-state index contributed by atoms with van der Waals surface area (Å²) in [6, 6.07) is 10.6. The maximum Gasteiger partial charge on any atom is 0.252 e. The number of carbonyl (C=O) groups is 1. The number of rotatable bonds is 4. The van der Waals surface area contributed by atoms with Crippen molar-refractivity contribution < 1.29 is 13.2 Å². The van der Waals surface area contributed by atoms with Crippen LogP contribution in [-0.4, -0.2) is 49.7 Å². The lowest BCUT2D eigenvalue weighted by Crippen LogP contribution is -2.54. The lowest BCUT2D eigenvalue weighted by Gasteiger charge is -2.38. The molecule has 5 nitrogen and oxygen atoms in total. The van der Waals surface area contributed by atoms with Crippen molar-refractivity contribution >= 4 is 54.8 Å². The number of carbonyl (C=O) groups excluding carboxylic acids is 1. The summed E-state index contributed by atoms with van der Waals surface area (Å²) in [7, 11) is -3.51. The highest BCUT2D eigenvalue weighted by Crippen LogP contribution is 2.30. The molecule has 3 rings (SSSR count). The zero-order valence-corrected chi connectivity index (χ0v) is 19.0. The fourth-order valence-electron chi connectivity index (χ4n) is 3.08. The molecule has 0 saturated carbocycles. The Morgan fingerprint density at radius 3 is 2.19 bits per heavy atom. The van der Waals surface area contributed by atoms with Gasteiger partial charge in [-0.3, -0.25) is 4.79 Å². The second-order valence-electron chi connectivity index (χ2n) is 6.89. The van der Waals surface area contributed by atoms with Gasteiger partial charge >= 0.3 is 0 Å². The van der Waals surface area contributed by atoms with E-state index in [4.69, 9.17) is 11.6 Å². The smallest absolute Gasteiger partial charge is 0.252 e. The van der Waals surface area contributed by atoms with Gasteiger partial charge in [0.05, 0.1) is 9.20 Å². The summed E-state index contributed by atoms with van der Waals surface area (Å²) in [5, 5.41) is 0.626. The Balaban J connectivity index is 1.69. The van der Waals surface area contributed by atoms with E-state index >= 15 is 0 Å². The molecule has 2 heterocycles. The van der Waals surface area contributed by atoms with Crippen LogP contribution >= 0.6 is 38.9 Å². The number of benzene rings is 1. The molecule has 0 atom stereocenters. The maximum absolute atomic E-state index is 13.1. The Labute approximate surface area is 177 Å². The van der Waals surface area contributed by atoms with E-state index in [2.05, 4.69) is 15.9 Å². The van der Waals surface area contributed by atoms with Gasteiger partial charge in [-0.15, -0.1) is 11.3 Å². The van der Waals surface area contributed by atoms with Crippen LogP contribution in [-0.2, 0) is 20.2 Å². The summed E-state index contributed by atoms with van der Waals surface area (Å²) >= 11 is 10.4. The van der Waals surface area contributed by atoms with E-state index in [1.165, 1.54) is 15.6 Å². The van der Waals surface area contributed by atoms with Crippen molar-refractivity contribution in [3.05, 3.63) is 50.8 Å². The Kier molecular flexibility index (Phi) is 6.03. The second kappa shape index (κ2) is 7.83. The topological polar surface area (TPSA) is 57.7 Å². The Bertz CT molecular complexity index is 934. The number of hydrogen-bond donors (Lipinski definition) is 0.